The van der Waals surface area contributed by atoms with Crippen molar-refractivity contribution in [3.63, 3.8) is 0 Å². The van der Waals surface area contributed by atoms with Crippen LogP contribution in [0.25, 0.3) is 0 Å². The van der Waals surface area contributed by atoms with Gasteiger partial charge in [0.25, 0.3) is 0 Å². The zero-order valence-electron chi connectivity index (χ0n) is 5.96. The standard InChI is InChI=1S/C7H9IO3/c8-5-2-1-4-3-10-7(9)11-6(4)5/h4-6H,1-3H2/t4-,5+,6+/m1/s1. The number of ether oxygens (including phenoxy) is 2. The molecular formula is C7H9IO3. The molecule has 3 atom stereocenters. The van der Waals surface area contributed by atoms with Crippen LogP contribution in [0.15, 0.2) is 0 Å². The van der Waals surface area contributed by atoms with Crippen LogP contribution in [0.4, 0.5) is 4.79 Å². The smallest absolute Gasteiger partial charge is 0.434 e. The first kappa shape index (κ1) is 7.64. The van der Waals surface area contributed by atoms with Gasteiger partial charge in [-0.1, -0.05) is 22.6 Å². The Morgan fingerprint density at radius 3 is 3.09 bits per heavy atom. The monoisotopic (exact) mass is 268 g/mol. The van der Waals surface area contributed by atoms with Gasteiger partial charge in [-0.15, -0.1) is 0 Å². The van der Waals surface area contributed by atoms with Crippen molar-refractivity contribution in [3.05, 3.63) is 0 Å². The molecule has 1 saturated carbocycles. The zero-order valence-corrected chi connectivity index (χ0v) is 8.11. The lowest BCUT2D eigenvalue weighted by Gasteiger charge is -2.26. The van der Waals surface area contributed by atoms with E-state index in [4.69, 9.17) is 9.47 Å². The third-order valence-corrected chi connectivity index (χ3v) is 3.61. The molecule has 0 N–H and O–H groups in total. The summed E-state index contributed by atoms with van der Waals surface area (Å²) in [5, 5.41) is 0. The van der Waals surface area contributed by atoms with Crippen LogP contribution in [-0.2, 0) is 9.47 Å². The van der Waals surface area contributed by atoms with E-state index >= 15 is 0 Å². The minimum absolute atomic E-state index is 0.122. The highest BCUT2D eigenvalue weighted by Crippen LogP contribution is 2.36. The summed E-state index contributed by atoms with van der Waals surface area (Å²) >= 11 is 2.34. The molecule has 1 heterocycles. The average Bonchev–Trinajstić information content (AvgIpc) is 2.33. The summed E-state index contributed by atoms with van der Waals surface area (Å²) < 4.78 is 10.3. The van der Waals surface area contributed by atoms with Crippen LogP contribution in [0.1, 0.15) is 12.8 Å². The van der Waals surface area contributed by atoms with E-state index in [1.165, 1.54) is 0 Å². The largest absolute Gasteiger partial charge is 0.508 e. The van der Waals surface area contributed by atoms with Crippen LogP contribution in [0.3, 0.4) is 0 Å². The molecule has 2 fully saturated rings. The Labute approximate surface area is 78.6 Å². The van der Waals surface area contributed by atoms with E-state index in [1.807, 2.05) is 0 Å². The Hall–Kier alpha value is -0.0000000000000000555. The normalized spacial score (nSPS) is 42.6. The van der Waals surface area contributed by atoms with E-state index in [2.05, 4.69) is 22.6 Å². The van der Waals surface area contributed by atoms with Gasteiger partial charge in [0.15, 0.2) is 0 Å². The highest BCUT2D eigenvalue weighted by atomic mass is 127. The summed E-state index contributed by atoms with van der Waals surface area (Å²) in [6.45, 7) is 0.559. The number of alkyl halides is 1. The molecule has 1 aliphatic heterocycles. The lowest BCUT2D eigenvalue weighted by molar-refractivity contribution is -0.0435. The molecule has 0 aromatic carbocycles. The molecule has 0 spiro atoms. The van der Waals surface area contributed by atoms with Gasteiger partial charge in [-0.3, -0.25) is 0 Å². The number of carbonyl (C=O) groups is 1. The van der Waals surface area contributed by atoms with Gasteiger partial charge >= 0.3 is 6.16 Å². The summed E-state index contributed by atoms with van der Waals surface area (Å²) in [6, 6.07) is 0. The molecule has 0 aromatic rings. The predicted molar refractivity (Wildman–Crippen MR) is 46.8 cm³/mol. The van der Waals surface area contributed by atoms with Gasteiger partial charge in [-0.2, -0.15) is 0 Å². The topological polar surface area (TPSA) is 35.5 Å². The van der Waals surface area contributed by atoms with Crippen LogP contribution in [-0.4, -0.2) is 22.8 Å². The average molecular weight is 268 g/mol. The van der Waals surface area contributed by atoms with Gasteiger partial charge in [0.1, 0.15) is 12.7 Å². The number of fused-ring (bicyclic) bond motifs is 1. The van der Waals surface area contributed by atoms with Crippen molar-refractivity contribution in [2.45, 2.75) is 22.9 Å². The van der Waals surface area contributed by atoms with Crippen LogP contribution in [0.2, 0.25) is 0 Å². The number of cyclic esters (lactones) is 1. The fourth-order valence-electron chi connectivity index (χ4n) is 1.67. The summed E-state index contributed by atoms with van der Waals surface area (Å²) in [4.78, 5) is 10.7. The van der Waals surface area contributed by atoms with E-state index in [9.17, 15) is 4.79 Å². The van der Waals surface area contributed by atoms with Crippen molar-refractivity contribution in [1.29, 1.82) is 0 Å². The molecule has 0 aromatic heterocycles. The van der Waals surface area contributed by atoms with Gasteiger partial charge in [0.2, 0.25) is 0 Å². The first-order valence-electron chi connectivity index (χ1n) is 3.75. The van der Waals surface area contributed by atoms with Crippen LogP contribution in [0.5, 0.6) is 0 Å². The van der Waals surface area contributed by atoms with Gasteiger partial charge < -0.3 is 9.47 Å². The third kappa shape index (κ3) is 1.32. The second kappa shape index (κ2) is 2.80. The fourth-order valence-corrected chi connectivity index (χ4v) is 2.76. The van der Waals surface area contributed by atoms with E-state index < -0.39 is 6.16 Å². The van der Waals surface area contributed by atoms with Gasteiger partial charge in [-0.25, -0.2) is 4.79 Å². The molecule has 0 amide bonds. The quantitative estimate of drug-likeness (QED) is 0.381. The minimum Gasteiger partial charge on any atom is -0.434 e. The zero-order chi connectivity index (χ0) is 7.84. The van der Waals surface area contributed by atoms with Crippen molar-refractivity contribution in [2.75, 3.05) is 6.61 Å². The maximum atomic E-state index is 10.7. The number of carbonyl (C=O) groups excluding carboxylic acids is 1. The van der Waals surface area contributed by atoms with Crippen molar-refractivity contribution < 1.29 is 14.3 Å². The fraction of sp³-hybridized carbons (Fsp3) is 0.857. The summed E-state index contributed by atoms with van der Waals surface area (Å²) in [5.41, 5.74) is 0. The Kier molecular flexibility index (Phi) is 1.95. The highest BCUT2D eigenvalue weighted by Gasteiger charge is 2.41. The molecule has 0 radical (unpaired) electrons. The highest BCUT2D eigenvalue weighted by molar-refractivity contribution is 14.1. The van der Waals surface area contributed by atoms with Crippen molar-refractivity contribution in [2.24, 2.45) is 5.92 Å². The molecule has 1 aliphatic carbocycles. The van der Waals surface area contributed by atoms with Crippen LogP contribution >= 0.6 is 22.6 Å². The maximum Gasteiger partial charge on any atom is 0.508 e. The molecule has 3 nitrogen and oxygen atoms in total. The van der Waals surface area contributed by atoms with E-state index in [0.717, 1.165) is 12.8 Å². The van der Waals surface area contributed by atoms with E-state index in [1.54, 1.807) is 0 Å². The second-order valence-electron chi connectivity index (χ2n) is 3.00. The first-order valence-corrected chi connectivity index (χ1v) is 4.99. The van der Waals surface area contributed by atoms with E-state index in [0.29, 0.717) is 16.4 Å². The number of hydrogen-bond donors (Lipinski definition) is 0. The van der Waals surface area contributed by atoms with Crippen molar-refractivity contribution >= 4 is 28.7 Å². The predicted octanol–water partition coefficient (Wildman–Crippen LogP) is 1.74. The third-order valence-electron chi connectivity index (χ3n) is 2.28. The first-order chi connectivity index (χ1) is 5.27. The van der Waals surface area contributed by atoms with Crippen LogP contribution < -0.4 is 0 Å². The summed E-state index contributed by atoms with van der Waals surface area (Å²) in [5.74, 6) is 0.453. The molecule has 1 saturated heterocycles. The summed E-state index contributed by atoms with van der Waals surface area (Å²) in [7, 11) is 0. The Bertz CT molecular complexity index is 183. The summed E-state index contributed by atoms with van der Waals surface area (Å²) in [6.07, 6.45) is 1.91. The molecule has 4 heteroatoms. The minimum atomic E-state index is -0.491. The number of halogens is 1. The van der Waals surface area contributed by atoms with Crippen LogP contribution in [0, 0.1) is 5.92 Å². The van der Waals surface area contributed by atoms with Crippen molar-refractivity contribution in [1.82, 2.24) is 0 Å². The lowest BCUT2D eigenvalue weighted by atomic mass is 10.1. The number of rotatable bonds is 0. The Morgan fingerprint density at radius 1 is 1.45 bits per heavy atom. The van der Waals surface area contributed by atoms with Gasteiger partial charge in [0, 0.05) is 9.84 Å². The Morgan fingerprint density at radius 2 is 2.27 bits per heavy atom. The van der Waals surface area contributed by atoms with E-state index in [-0.39, 0.29) is 6.10 Å². The molecule has 2 rings (SSSR count). The lowest BCUT2D eigenvalue weighted by Crippen LogP contribution is -2.36. The maximum absolute atomic E-state index is 10.7. The molecule has 11 heavy (non-hydrogen) atoms. The Balaban J connectivity index is 2.07. The molecule has 0 unspecified atom stereocenters. The second-order valence-corrected chi connectivity index (χ2v) is 4.60. The molecule has 2 aliphatic rings. The molecule has 0 bridgehead atoms. The van der Waals surface area contributed by atoms with Gasteiger partial charge in [0.05, 0.1) is 0 Å². The number of hydrogen-bond acceptors (Lipinski definition) is 3. The molecule has 62 valence electrons. The van der Waals surface area contributed by atoms with Gasteiger partial charge in [-0.05, 0) is 12.8 Å². The van der Waals surface area contributed by atoms with Crippen molar-refractivity contribution in [3.8, 4) is 0 Å². The SMILES string of the molecule is O=C1OC[C@H]2CC[C@H](I)[C@H]2O1. The molecular weight excluding hydrogens is 259 g/mol.